The minimum absolute atomic E-state index is 0. The molecule has 40 heavy (non-hydrogen) atoms. The molecule has 1 amide bonds. The first-order valence-electron chi connectivity index (χ1n) is 13.4. The van der Waals surface area contributed by atoms with E-state index in [9.17, 15) is 14.7 Å². The highest BCUT2D eigenvalue weighted by molar-refractivity contribution is 5.94. The molecule has 1 aliphatic rings. The average molecular weight is 596 g/mol. The van der Waals surface area contributed by atoms with Crippen LogP contribution >= 0.6 is 24.8 Å². The highest BCUT2D eigenvalue weighted by atomic mass is 35.5. The van der Waals surface area contributed by atoms with Crippen LogP contribution in [0.4, 0.5) is 0 Å². The summed E-state index contributed by atoms with van der Waals surface area (Å²) in [6, 6.07) is 14.3. The number of Topliss-reactive ketones (excluding diaryl/α,β-unsaturated/α-hetero) is 1. The van der Waals surface area contributed by atoms with E-state index in [2.05, 4.69) is 26.3 Å². The molecule has 0 radical (unpaired) electrons. The smallest absolute Gasteiger partial charge is 0.237 e. The van der Waals surface area contributed by atoms with Crippen molar-refractivity contribution in [3.8, 4) is 5.75 Å². The number of piperazine rings is 1. The standard InChI is InChI=1S/C28H39N7O3.2ClH/c29-23(18-21-10-12-22(36)13-11-21)27(38)34-24(9-4-14-33-28(30)31)26(37)25-19-32-15-17-35(25)16-5-8-20-6-2-1-3-7-20;;/h1-3,5-8,10-13,23-25,32,36H,4,9,14-19,29H2,(H,34,38)(H4,30,31,33);2*1H/t23-,24-,25?;;/m0../s1/i/hD. The molecule has 2 aromatic rings. The predicted molar refractivity (Wildman–Crippen MR) is 165 cm³/mol. The molecule has 10 nitrogen and oxygen atoms in total. The highest BCUT2D eigenvalue weighted by Crippen LogP contribution is 2.14. The molecule has 0 aromatic heterocycles. The number of aromatic hydroxyl groups is 1. The van der Waals surface area contributed by atoms with Crippen molar-refractivity contribution < 1.29 is 16.1 Å². The van der Waals surface area contributed by atoms with Crippen molar-refractivity contribution in [2.45, 2.75) is 37.4 Å². The number of nitrogens with zero attached hydrogens (tertiary/aromatic N) is 2. The number of rotatable bonds is 14. The Morgan fingerprint density at radius 2 is 1.90 bits per heavy atom. The Labute approximate surface area is 249 Å². The quantitative estimate of drug-likeness (QED) is 0.107. The van der Waals surface area contributed by atoms with Crippen molar-refractivity contribution in [3.05, 3.63) is 71.8 Å². The maximum Gasteiger partial charge on any atom is 0.237 e. The molecule has 9 N–H and O–H groups in total. The summed E-state index contributed by atoms with van der Waals surface area (Å²) in [6.07, 6.45) is 5.16. The Morgan fingerprint density at radius 1 is 1.18 bits per heavy atom. The van der Waals surface area contributed by atoms with Crippen LogP contribution in [-0.2, 0) is 16.0 Å². The maximum absolute atomic E-state index is 13.8. The second kappa shape index (κ2) is 18.2. The topological polar surface area (TPSA) is 172 Å². The number of aliphatic imine (C=N–C) groups is 1. The minimum Gasteiger partial charge on any atom is -0.508 e. The predicted octanol–water partition coefficient (Wildman–Crippen LogP) is 1.20. The third kappa shape index (κ3) is 11.5. The van der Waals surface area contributed by atoms with Gasteiger partial charge in [0.2, 0.25) is 5.91 Å². The fourth-order valence-electron chi connectivity index (χ4n) is 4.39. The van der Waals surface area contributed by atoms with Crippen LogP contribution in [0.15, 0.2) is 65.7 Å². The number of phenolic OH excluding ortho intramolecular Hbond substituents is 1. The first-order valence-corrected chi connectivity index (χ1v) is 12.9. The van der Waals surface area contributed by atoms with Gasteiger partial charge in [0.15, 0.2) is 11.7 Å². The van der Waals surface area contributed by atoms with Gasteiger partial charge in [0, 0.05) is 32.7 Å². The molecular formula is C28H41Cl2N7O3. The van der Waals surface area contributed by atoms with Crippen molar-refractivity contribution >= 4 is 48.5 Å². The molecule has 1 heterocycles. The Balaban J connectivity index is 0.00000420. The van der Waals surface area contributed by atoms with E-state index in [-0.39, 0.29) is 48.7 Å². The van der Waals surface area contributed by atoms with Crippen LogP contribution in [-0.4, -0.2) is 78.5 Å². The first-order chi connectivity index (χ1) is 18.9. The van der Waals surface area contributed by atoms with E-state index in [0.717, 1.165) is 17.7 Å². The van der Waals surface area contributed by atoms with Gasteiger partial charge >= 0.3 is 0 Å². The Bertz CT molecular complexity index is 1120. The molecule has 1 aliphatic heterocycles. The molecule has 0 saturated carbocycles. The summed E-state index contributed by atoms with van der Waals surface area (Å²) in [6.45, 7) is 2.87. The van der Waals surface area contributed by atoms with E-state index in [0.29, 0.717) is 39.0 Å². The van der Waals surface area contributed by atoms with Gasteiger partial charge in [-0.1, -0.05) is 54.6 Å². The lowest BCUT2D eigenvalue weighted by atomic mass is 9.97. The van der Waals surface area contributed by atoms with E-state index in [4.69, 9.17) is 12.9 Å². The van der Waals surface area contributed by atoms with Crippen molar-refractivity contribution in [2.24, 2.45) is 22.2 Å². The van der Waals surface area contributed by atoms with Gasteiger partial charge in [-0.15, -0.1) is 24.8 Å². The summed E-state index contributed by atoms with van der Waals surface area (Å²) in [5, 5.41) is 15.7. The monoisotopic (exact) mass is 594 g/mol. The lowest BCUT2D eigenvalue weighted by Gasteiger charge is -2.36. The van der Waals surface area contributed by atoms with Gasteiger partial charge in [0.1, 0.15) is 7.16 Å². The van der Waals surface area contributed by atoms with Crippen molar-refractivity contribution in [2.75, 3.05) is 32.7 Å². The second-order valence-corrected chi connectivity index (χ2v) is 9.36. The highest BCUT2D eigenvalue weighted by Gasteiger charge is 2.34. The summed E-state index contributed by atoms with van der Waals surface area (Å²) >= 11 is 0. The van der Waals surface area contributed by atoms with Gasteiger partial charge in [-0.3, -0.25) is 19.5 Å². The number of halogens is 2. The van der Waals surface area contributed by atoms with Crippen LogP contribution in [0.5, 0.6) is 5.75 Å². The summed E-state index contributed by atoms with van der Waals surface area (Å²) < 4.78 is 7.71. The average Bonchev–Trinajstić information content (AvgIpc) is 2.94. The van der Waals surface area contributed by atoms with Crippen LogP contribution in [0.25, 0.3) is 6.08 Å². The lowest BCUT2D eigenvalue weighted by molar-refractivity contribution is -0.132. The van der Waals surface area contributed by atoms with Gasteiger partial charge in [0.05, 0.1) is 18.1 Å². The number of nitrogens with two attached hydrogens (primary N) is 3. The number of hydrogen-bond acceptors (Lipinski definition) is 7. The van der Waals surface area contributed by atoms with Crippen LogP contribution < -0.4 is 27.8 Å². The summed E-state index contributed by atoms with van der Waals surface area (Å²) in [7, 11) is 0. The summed E-state index contributed by atoms with van der Waals surface area (Å²) in [4.78, 5) is 33.1. The maximum atomic E-state index is 13.8. The van der Waals surface area contributed by atoms with Gasteiger partial charge in [-0.05, 0) is 42.5 Å². The second-order valence-electron chi connectivity index (χ2n) is 9.36. The number of carbonyl (C=O) groups is 2. The van der Waals surface area contributed by atoms with Gasteiger partial charge < -0.3 is 32.9 Å². The molecule has 3 atom stereocenters. The zero-order valence-electron chi connectivity index (χ0n) is 23.4. The third-order valence-corrected chi connectivity index (χ3v) is 6.43. The molecule has 1 saturated heterocycles. The van der Waals surface area contributed by atoms with Gasteiger partial charge in [0.25, 0.3) is 0 Å². The molecule has 12 heteroatoms. The van der Waals surface area contributed by atoms with Gasteiger partial charge in [-0.25, -0.2) is 0 Å². The van der Waals surface area contributed by atoms with Crippen molar-refractivity contribution in [3.63, 3.8) is 0 Å². The molecule has 220 valence electrons. The fraction of sp³-hybridized carbons (Fsp3) is 0.393. The van der Waals surface area contributed by atoms with E-state index < -0.39 is 24.0 Å². The normalized spacial score (nSPS) is 17.0. The van der Waals surface area contributed by atoms with Crippen LogP contribution in [0.3, 0.4) is 0 Å². The fourth-order valence-corrected chi connectivity index (χ4v) is 4.39. The molecular weight excluding hydrogens is 553 g/mol. The zero-order chi connectivity index (χ0) is 28.0. The van der Waals surface area contributed by atoms with E-state index in [1.54, 1.807) is 12.1 Å². The van der Waals surface area contributed by atoms with Crippen LogP contribution in [0, 0.1) is 0 Å². The molecule has 0 spiro atoms. The number of ketones is 1. The SMILES string of the molecule is Cl.Cl.[2H]N[C@@H](Cc1ccc(O)cc1)C(=O)N[C@@H](CCCN=C(N)N)C(=O)C1CNCCN1CC=Cc1ccccc1. The largest absolute Gasteiger partial charge is 0.508 e. The van der Waals surface area contributed by atoms with Gasteiger partial charge in [-0.2, -0.15) is 0 Å². The molecule has 1 unspecified atom stereocenters. The number of carbonyl (C=O) groups excluding carboxylic acids is 2. The number of benzene rings is 2. The molecule has 1 fully saturated rings. The summed E-state index contributed by atoms with van der Waals surface area (Å²) in [5.74, 6) is -0.448. The van der Waals surface area contributed by atoms with Crippen LogP contribution in [0.1, 0.15) is 24.0 Å². The Morgan fingerprint density at radius 3 is 2.58 bits per heavy atom. The Kier molecular flexibility index (Phi) is 15.1. The van der Waals surface area contributed by atoms with E-state index >= 15 is 0 Å². The molecule has 3 rings (SSSR count). The third-order valence-electron chi connectivity index (χ3n) is 6.43. The lowest BCUT2D eigenvalue weighted by Crippen LogP contribution is -2.60. The number of amides is 1. The van der Waals surface area contributed by atoms with Crippen molar-refractivity contribution in [1.82, 2.24) is 15.5 Å². The number of phenols is 1. The first kappa shape index (κ1) is 33.1. The van der Waals surface area contributed by atoms with E-state index in [1.807, 2.05) is 42.5 Å². The minimum atomic E-state index is -0.878. The molecule has 0 aliphatic carbocycles. The zero-order valence-corrected chi connectivity index (χ0v) is 24.0. The van der Waals surface area contributed by atoms with Crippen LogP contribution in [0.2, 0.25) is 1.41 Å². The number of nitrogens with one attached hydrogen (secondary N) is 2. The van der Waals surface area contributed by atoms with E-state index in [1.165, 1.54) is 12.1 Å². The molecule has 2 aromatic carbocycles. The van der Waals surface area contributed by atoms with Crippen molar-refractivity contribution in [1.29, 1.82) is 0 Å². The number of hydrogen-bond donors (Lipinski definition) is 6. The summed E-state index contributed by atoms with van der Waals surface area (Å²) in [5.41, 5.74) is 15.0. The number of guanidine groups is 1. The Hall–Kier alpha value is -3.15. The molecule has 0 bridgehead atoms.